The summed E-state index contributed by atoms with van der Waals surface area (Å²) in [5.74, 6) is 1.81. The van der Waals surface area contributed by atoms with Gasteiger partial charge in [-0.25, -0.2) is 4.68 Å². The molecule has 0 radical (unpaired) electrons. The van der Waals surface area contributed by atoms with Crippen LogP contribution in [0.2, 0.25) is 0 Å². The number of carbonyl (C=O) groups excluding carboxylic acids is 1. The van der Waals surface area contributed by atoms with Gasteiger partial charge >= 0.3 is 0 Å². The smallest absolute Gasteiger partial charge is 0.232 e. The van der Waals surface area contributed by atoms with Crippen molar-refractivity contribution in [3.05, 3.63) is 34.2 Å². The predicted octanol–water partition coefficient (Wildman–Crippen LogP) is 3.74. The molecule has 0 unspecified atom stereocenters. The van der Waals surface area contributed by atoms with Gasteiger partial charge in [-0.2, -0.15) is 5.10 Å². The molecule has 0 spiro atoms. The molecular weight excluding hydrogens is 294 g/mol. The molecule has 3 heterocycles. The Morgan fingerprint density at radius 1 is 1.23 bits per heavy atom. The van der Waals surface area contributed by atoms with Crippen LogP contribution in [0.4, 0.5) is 5.82 Å². The molecular formula is C17H21N3OS. The fraction of sp³-hybridized carbons (Fsp3) is 0.529. The number of amides is 1. The summed E-state index contributed by atoms with van der Waals surface area (Å²) < 4.78 is 1.99. The SMILES string of the molecule is Cc1ccc([C@@H]2C[C@@H]2C(=O)N2c3ccnn3[C@@H](C)C[C@@H]2C)s1. The lowest BCUT2D eigenvalue weighted by atomic mass is 10.0. The zero-order chi connectivity index (χ0) is 15.4. The van der Waals surface area contributed by atoms with Crippen molar-refractivity contribution < 1.29 is 4.79 Å². The van der Waals surface area contributed by atoms with Crippen LogP contribution < -0.4 is 4.90 Å². The van der Waals surface area contributed by atoms with Gasteiger partial charge in [0.1, 0.15) is 5.82 Å². The number of nitrogens with zero attached hydrogens (tertiary/aromatic N) is 3. The van der Waals surface area contributed by atoms with Gasteiger partial charge in [-0.3, -0.25) is 9.69 Å². The van der Waals surface area contributed by atoms with E-state index in [2.05, 4.69) is 38.0 Å². The summed E-state index contributed by atoms with van der Waals surface area (Å²) >= 11 is 1.83. The van der Waals surface area contributed by atoms with Crippen LogP contribution in [0, 0.1) is 12.8 Å². The number of aromatic nitrogens is 2. The Morgan fingerprint density at radius 2 is 2.05 bits per heavy atom. The lowest BCUT2D eigenvalue weighted by Crippen LogP contribution is -2.45. The molecule has 2 aliphatic rings. The van der Waals surface area contributed by atoms with E-state index in [0.717, 1.165) is 18.7 Å². The molecule has 1 saturated carbocycles. The molecule has 4 nitrogen and oxygen atoms in total. The first-order chi connectivity index (χ1) is 10.6. The highest BCUT2D eigenvalue weighted by atomic mass is 32.1. The molecule has 2 aromatic heterocycles. The summed E-state index contributed by atoms with van der Waals surface area (Å²) in [6.07, 6.45) is 3.76. The zero-order valence-electron chi connectivity index (χ0n) is 13.2. The second kappa shape index (κ2) is 4.95. The first-order valence-corrected chi connectivity index (χ1v) is 8.81. The molecule has 1 aliphatic heterocycles. The number of hydrogen-bond donors (Lipinski definition) is 0. The van der Waals surface area contributed by atoms with Gasteiger partial charge in [0, 0.05) is 33.7 Å². The average Bonchev–Trinajstić information content (AvgIpc) is 2.89. The number of rotatable bonds is 2. The molecule has 22 heavy (non-hydrogen) atoms. The van der Waals surface area contributed by atoms with E-state index >= 15 is 0 Å². The third-order valence-corrected chi connectivity index (χ3v) is 6.04. The number of carbonyl (C=O) groups is 1. The molecule has 0 bridgehead atoms. The van der Waals surface area contributed by atoms with Crippen LogP contribution in [0.25, 0.3) is 0 Å². The van der Waals surface area contributed by atoms with Gasteiger partial charge in [0.05, 0.1) is 12.2 Å². The van der Waals surface area contributed by atoms with E-state index in [4.69, 9.17) is 0 Å². The minimum absolute atomic E-state index is 0.150. The molecule has 5 heteroatoms. The second-order valence-corrected chi connectivity index (χ2v) is 7.99. The maximum absolute atomic E-state index is 13.0. The van der Waals surface area contributed by atoms with Crippen molar-refractivity contribution in [1.82, 2.24) is 9.78 Å². The molecule has 0 saturated heterocycles. The van der Waals surface area contributed by atoms with Crippen molar-refractivity contribution in [2.45, 2.75) is 51.6 Å². The molecule has 2 aromatic rings. The summed E-state index contributed by atoms with van der Waals surface area (Å²) in [5, 5.41) is 4.39. The Balaban J connectivity index is 1.58. The van der Waals surface area contributed by atoms with Gasteiger partial charge in [0.15, 0.2) is 0 Å². The van der Waals surface area contributed by atoms with E-state index in [1.807, 2.05) is 27.0 Å². The number of thiophene rings is 1. The first kappa shape index (κ1) is 14.0. The molecule has 4 rings (SSSR count). The summed E-state index contributed by atoms with van der Waals surface area (Å²) in [7, 11) is 0. The Bertz CT molecular complexity index is 719. The van der Waals surface area contributed by atoms with Crippen LogP contribution in [0.5, 0.6) is 0 Å². The number of aryl methyl sites for hydroxylation is 1. The summed E-state index contributed by atoms with van der Waals surface area (Å²) in [6, 6.07) is 6.91. The molecule has 1 aliphatic carbocycles. The van der Waals surface area contributed by atoms with Crippen molar-refractivity contribution in [2.24, 2.45) is 5.92 Å². The molecule has 0 aromatic carbocycles. The predicted molar refractivity (Wildman–Crippen MR) is 88.4 cm³/mol. The number of anilines is 1. The van der Waals surface area contributed by atoms with E-state index in [1.165, 1.54) is 9.75 Å². The fourth-order valence-corrected chi connectivity index (χ4v) is 4.76. The molecule has 0 N–H and O–H groups in total. The normalized spacial score (nSPS) is 30.2. The van der Waals surface area contributed by atoms with Crippen LogP contribution >= 0.6 is 11.3 Å². The minimum atomic E-state index is 0.150. The quantitative estimate of drug-likeness (QED) is 0.846. The number of fused-ring (bicyclic) bond motifs is 1. The van der Waals surface area contributed by atoms with E-state index < -0.39 is 0 Å². The minimum Gasteiger partial charge on any atom is -0.294 e. The maximum atomic E-state index is 13.0. The third-order valence-electron chi connectivity index (χ3n) is 4.91. The fourth-order valence-electron chi connectivity index (χ4n) is 3.71. The van der Waals surface area contributed by atoms with Gasteiger partial charge in [-0.15, -0.1) is 11.3 Å². The summed E-state index contributed by atoms with van der Waals surface area (Å²) in [6.45, 7) is 6.45. The highest BCUT2D eigenvalue weighted by Gasteiger charge is 2.48. The van der Waals surface area contributed by atoms with E-state index in [9.17, 15) is 4.79 Å². The van der Waals surface area contributed by atoms with Gasteiger partial charge in [0.2, 0.25) is 5.91 Å². The van der Waals surface area contributed by atoms with Crippen molar-refractivity contribution in [3.63, 3.8) is 0 Å². The van der Waals surface area contributed by atoms with Crippen LogP contribution in [0.15, 0.2) is 24.4 Å². The largest absolute Gasteiger partial charge is 0.294 e. The van der Waals surface area contributed by atoms with Crippen molar-refractivity contribution in [2.75, 3.05) is 4.90 Å². The lowest BCUT2D eigenvalue weighted by Gasteiger charge is -2.37. The summed E-state index contributed by atoms with van der Waals surface area (Å²) in [5.41, 5.74) is 0. The average molecular weight is 315 g/mol. The Kier molecular flexibility index (Phi) is 3.15. The molecule has 1 amide bonds. The Hall–Kier alpha value is -1.62. The van der Waals surface area contributed by atoms with Crippen molar-refractivity contribution in [1.29, 1.82) is 0 Å². The Labute approximate surface area is 134 Å². The van der Waals surface area contributed by atoms with E-state index in [0.29, 0.717) is 12.0 Å². The van der Waals surface area contributed by atoms with Crippen molar-refractivity contribution in [3.8, 4) is 0 Å². The van der Waals surface area contributed by atoms with Gasteiger partial charge in [-0.1, -0.05) is 0 Å². The highest BCUT2D eigenvalue weighted by Crippen LogP contribution is 2.51. The summed E-state index contributed by atoms with van der Waals surface area (Å²) in [4.78, 5) is 17.7. The second-order valence-electron chi connectivity index (χ2n) is 6.67. The van der Waals surface area contributed by atoms with Gasteiger partial charge < -0.3 is 0 Å². The van der Waals surface area contributed by atoms with Crippen molar-refractivity contribution >= 4 is 23.1 Å². The topological polar surface area (TPSA) is 38.1 Å². The first-order valence-electron chi connectivity index (χ1n) is 7.99. The number of hydrogen-bond acceptors (Lipinski definition) is 3. The lowest BCUT2D eigenvalue weighted by molar-refractivity contribution is -0.120. The van der Waals surface area contributed by atoms with Crippen LogP contribution in [-0.2, 0) is 4.79 Å². The maximum Gasteiger partial charge on any atom is 0.232 e. The van der Waals surface area contributed by atoms with Crippen LogP contribution in [-0.4, -0.2) is 21.7 Å². The van der Waals surface area contributed by atoms with Crippen LogP contribution in [0.1, 0.15) is 48.4 Å². The standard InChI is InChI=1S/C17H21N3OS/c1-10-8-11(2)20-16(6-7-18-20)19(10)17(21)14-9-13(14)15-5-4-12(3)22-15/h4-7,10-11,13-14H,8-9H2,1-3H3/t10-,11-,13+,14-/m0/s1. The zero-order valence-corrected chi connectivity index (χ0v) is 14.0. The van der Waals surface area contributed by atoms with E-state index in [1.54, 1.807) is 6.20 Å². The third kappa shape index (κ3) is 2.10. The van der Waals surface area contributed by atoms with E-state index in [-0.39, 0.29) is 17.9 Å². The molecule has 116 valence electrons. The van der Waals surface area contributed by atoms with Gasteiger partial charge in [-0.05, 0) is 45.7 Å². The molecule has 1 fully saturated rings. The highest BCUT2D eigenvalue weighted by molar-refractivity contribution is 7.12. The monoisotopic (exact) mass is 315 g/mol. The van der Waals surface area contributed by atoms with Gasteiger partial charge in [0.25, 0.3) is 0 Å². The van der Waals surface area contributed by atoms with Crippen LogP contribution in [0.3, 0.4) is 0 Å². The Morgan fingerprint density at radius 3 is 2.77 bits per heavy atom. The molecule has 4 atom stereocenters.